The molecule has 1 aliphatic carbocycles. The van der Waals surface area contributed by atoms with E-state index >= 15 is 0 Å². The second kappa shape index (κ2) is 9.36. The molecule has 0 unspecified atom stereocenters. The number of halogens is 3. The fraction of sp³-hybridized carbons (Fsp3) is 0.562. The van der Waals surface area contributed by atoms with Crippen molar-refractivity contribution in [3.05, 3.63) is 29.8 Å². The fourth-order valence-electron chi connectivity index (χ4n) is 2.98. The molecule has 1 aliphatic rings. The van der Waals surface area contributed by atoms with Gasteiger partial charge in [0.1, 0.15) is 11.6 Å². The number of nitrogens with one attached hydrogen (secondary N) is 1. The summed E-state index contributed by atoms with van der Waals surface area (Å²) in [5.41, 5.74) is 5.80. The van der Waals surface area contributed by atoms with Gasteiger partial charge in [-0.1, -0.05) is 19.3 Å². The van der Waals surface area contributed by atoms with Gasteiger partial charge >= 0.3 is 0 Å². The number of hydrogen-bond acceptors (Lipinski definition) is 2. The van der Waals surface area contributed by atoms with Gasteiger partial charge in [-0.25, -0.2) is 8.78 Å². The predicted molar refractivity (Wildman–Crippen MR) is 99.3 cm³/mol. The Morgan fingerprint density at radius 2 is 2.00 bits per heavy atom. The topological polar surface area (TPSA) is 59.6 Å². The molecule has 3 N–H and O–H groups in total. The fourth-order valence-corrected chi connectivity index (χ4v) is 2.98. The minimum Gasteiger partial charge on any atom is -0.384 e. The zero-order valence-corrected chi connectivity index (χ0v) is 15.6. The molecule has 0 aromatic heterocycles. The van der Waals surface area contributed by atoms with Crippen molar-refractivity contribution < 1.29 is 13.5 Å². The average Bonchev–Trinajstić information content (AvgIpc) is 2.50. The van der Waals surface area contributed by atoms with E-state index in [2.05, 4.69) is 10.3 Å². The van der Waals surface area contributed by atoms with Crippen LogP contribution in [0.4, 0.5) is 14.5 Å². The normalized spacial score (nSPS) is 17.4. The minimum absolute atomic E-state index is 0. The van der Waals surface area contributed by atoms with Gasteiger partial charge in [-0.05, 0) is 25.0 Å². The van der Waals surface area contributed by atoms with Crippen molar-refractivity contribution in [1.29, 1.82) is 0 Å². The third kappa shape index (κ3) is 5.87. The second-order valence-electron chi connectivity index (χ2n) is 5.94. The van der Waals surface area contributed by atoms with Gasteiger partial charge in [0.05, 0.1) is 18.8 Å². The first kappa shape index (κ1) is 20.1. The summed E-state index contributed by atoms with van der Waals surface area (Å²) in [5.74, 6) is -1.01. The largest absolute Gasteiger partial charge is 0.384 e. The molecule has 1 fully saturated rings. The van der Waals surface area contributed by atoms with Crippen LogP contribution in [0.1, 0.15) is 32.1 Å². The van der Waals surface area contributed by atoms with Gasteiger partial charge in [0, 0.05) is 18.6 Å². The van der Waals surface area contributed by atoms with Gasteiger partial charge in [0.15, 0.2) is 5.96 Å². The van der Waals surface area contributed by atoms with Gasteiger partial charge in [-0.3, -0.25) is 4.99 Å². The van der Waals surface area contributed by atoms with E-state index < -0.39 is 11.6 Å². The molecule has 0 spiro atoms. The smallest absolute Gasteiger partial charge is 0.193 e. The summed E-state index contributed by atoms with van der Waals surface area (Å²) in [6, 6.07) is 3.17. The molecule has 2 rings (SSSR count). The van der Waals surface area contributed by atoms with Gasteiger partial charge in [-0.15, -0.1) is 24.0 Å². The minimum atomic E-state index is -0.566. The highest BCUT2D eigenvalue weighted by Gasteiger charge is 2.31. The molecule has 1 saturated carbocycles. The Kier molecular flexibility index (Phi) is 8.18. The van der Waals surface area contributed by atoms with E-state index in [0.29, 0.717) is 13.2 Å². The zero-order valence-electron chi connectivity index (χ0n) is 13.3. The van der Waals surface area contributed by atoms with E-state index in [0.717, 1.165) is 43.9 Å². The van der Waals surface area contributed by atoms with Crippen molar-refractivity contribution in [2.45, 2.75) is 32.1 Å². The highest BCUT2D eigenvalue weighted by atomic mass is 127. The lowest BCUT2D eigenvalue weighted by Gasteiger charge is -2.35. The van der Waals surface area contributed by atoms with Crippen molar-refractivity contribution in [3.63, 3.8) is 0 Å². The van der Waals surface area contributed by atoms with Gasteiger partial charge in [0.25, 0.3) is 0 Å². The number of rotatable bonds is 5. The number of ether oxygens (including phenoxy) is 1. The molecule has 7 heteroatoms. The number of nitrogens with zero attached hydrogens (tertiary/aromatic N) is 1. The predicted octanol–water partition coefficient (Wildman–Crippen LogP) is 3.91. The van der Waals surface area contributed by atoms with Crippen LogP contribution in [-0.4, -0.2) is 26.2 Å². The van der Waals surface area contributed by atoms with Crippen LogP contribution >= 0.6 is 24.0 Å². The molecule has 0 saturated heterocycles. The first-order valence-corrected chi connectivity index (χ1v) is 7.56. The van der Waals surface area contributed by atoms with Crippen LogP contribution in [0.2, 0.25) is 0 Å². The third-order valence-electron chi connectivity index (χ3n) is 4.14. The maximum absolute atomic E-state index is 13.6. The Balaban J connectivity index is 0.00000264. The van der Waals surface area contributed by atoms with Crippen molar-refractivity contribution >= 4 is 35.6 Å². The van der Waals surface area contributed by atoms with Crippen LogP contribution in [0.5, 0.6) is 0 Å². The second-order valence-corrected chi connectivity index (χ2v) is 5.94. The first-order valence-electron chi connectivity index (χ1n) is 7.56. The zero-order chi connectivity index (χ0) is 16.0. The highest BCUT2D eigenvalue weighted by molar-refractivity contribution is 14.0. The molecule has 1 aromatic carbocycles. The van der Waals surface area contributed by atoms with E-state index in [-0.39, 0.29) is 41.0 Å². The van der Waals surface area contributed by atoms with E-state index in [9.17, 15) is 8.78 Å². The summed E-state index contributed by atoms with van der Waals surface area (Å²) in [6.45, 7) is 1.16. The molecule has 1 aromatic rings. The van der Waals surface area contributed by atoms with Gasteiger partial charge in [0.2, 0.25) is 0 Å². The van der Waals surface area contributed by atoms with Crippen LogP contribution in [0.15, 0.2) is 23.2 Å². The Bertz CT molecular complexity index is 529. The molecule has 0 heterocycles. The Hall–Kier alpha value is -0.960. The number of guanidine groups is 1. The lowest BCUT2D eigenvalue weighted by atomic mass is 9.75. The molecular weight excluding hydrogens is 415 g/mol. The Labute approximate surface area is 152 Å². The van der Waals surface area contributed by atoms with E-state index in [1.54, 1.807) is 7.11 Å². The molecule has 0 aliphatic heterocycles. The summed E-state index contributed by atoms with van der Waals surface area (Å²) in [6.07, 6.45) is 5.64. The van der Waals surface area contributed by atoms with Crippen LogP contribution in [-0.2, 0) is 4.74 Å². The number of hydrogen-bond donors (Lipinski definition) is 2. The van der Waals surface area contributed by atoms with E-state index in [4.69, 9.17) is 10.5 Å². The Morgan fingerprint density at radius 3 is 2.65 bits per heavy atom. The number of aliphatic imine (C=N–C) groups is 1. The van der Waals surface area contributed by atoms with Crippen molar-refractivity contribution in [2.75, 3.05) is 25.6 Å². The van der Waals surface area contributed by atoms with Crippen molar-refractivity contribution in [3.8, 4) is 0 Å². The molecule has 0 amide bonds. The van der Waals surface area contributed by atoms with E-state index in [1.165, 1.54) is 6.42 Å². The van der Waals surface area contributed by atoms with Crippen molar-refractivity contribution in [1.82, 2.24) is 0 Å². The quantitative estimate of drug-likeness (QED) is 0.416. The van der Waals surface area contributed by atoms with Crippen LogP contribution < -0.4 is 11.1 Å². The number of anilines is 1. The summed E-state index contributed by atoms with van der Waals surface area (Å²) < 4.78 is 32.0. The van der Waals surface area contributed by atoms with Crippen molar-refractivity contribution in [2.24, 2.45) is 16.1 Å². The maximum atomic E-state index is 13.6. The average molecular weight is 439 g/mol. The molecule has 23 heavy (non-hydrogen) atoms. The molecular formula is C16H24F2IN3O. The molecule has 4 nitrogen and oxygen atoms in total. The lowest BCUT2D eigenvalue weighted by Crippen LogP contribution is -2.34. The maximum Gasteiger partial charge on any atom is 0.193 e. The standard InChI is InChI=1S/C16H23F2N3O.HI/c1-22-11-16(7-3-2-4-8-16)10-20-15(19)21-14-9-12(17)5-6-13(14)18;/h5-6,9H,2-4,7-8,10-11H2,1H3,(H3,19,20,21);1H. The summed E-state index contributed by atoms with van der Waals surface area (Å²) >= 11 is 0. The number of benzene rings is 1. The molecule has 0 bridgehead atoms. The summed E-state index contributed by atoms with van der Waals surface area (Å²) in [5, 5.41) is 2.62. The van der Waals surface area contributed by atoms with E-state index in [1.807, 2.05) is 0 Å². The van der Waals surface area contributed by atoms with Crippen LogP contribution in [0.25, 0.3) is 0 Å². The lowest BCUT2D eigenvalue weighted by molar-refractivity contribution is 0.0555. The Morgan fingerprint density at radius 1 is 1.30 bits per heavy atom. The van der Waals surface area contributed by atoms with Crippen LogP contribution in [0.3, 0.4) is 0 Å². The number of nitrogens with two attached hydrogens (primary N) is 1. The summed E-state index contributed by atoms with van der Waals surface area (Å²) in [7, 11) is 1.68. The monoisotopic (exact) mass is 439 g/mol. The molecule has 0 atom stereocenters. The van der Waals surface area contributed by atoms with Gasteiger partial charge < -0.3 is 15.8 Å². The van der Waals surface area contributed by atoms with Crippen LogP contribution in [0, 0.1) is 17.0 Å². The summed E-state index contributed by atoms with van der Waals surface area (Å²) in [4.78, 5) is 4.32. The van der Waals surface area contributed by atoms with Gasteiger partial charge in [-0.2, -0.15) is 0 Å². The number of methoxy groups -OCH3 is 1. The third-order valence-corrected chi connectivity index (χ3v) is 4.14. The highest BCUT2D eigenvalue weighted by Crippen LogP contribution is 2.36. The molecule has 130 valence electrons. The first-order chi connectivity index (χ1) is 10.5. The molecule has 0 radical (unpaired) electrons. The SMILES string of the molecule is COCC1(CN=C(N)Nc2cc(F)ccc2F)CCCCC1.I.